The van der Waals surface area contributed by atoms with Crippen LogP contribution in [0.5, 0.6) is 5.88 Å². The number of aliphatic hydroxyl groups excluding tert-OH is 1. The standard InChI is InChI=1S/C23H22F2N4O3/c1-28-8-6-18(27-28)14-9-16(24)15(17(25)10-14)12-29-11-13-5-7-26-22(21(13)23(29)31)32-20-4-2-3-19(20)30/h5-10,19-20,30H,2-4,11-12H2,1H3/t19-,20-/m1/s1. The van der Waals surface area contributed by atoms with Crippen molar-refractivity contribution in [3.63, 3.8) is 0 Å². The summed E-state index contributed by atoms with van der Waals surface area (Å²) in [6.45, 7) is -0.0275. The second kappa shape index (κ2) is 7.98. The highest BCUT2D eigenvalue weighted by Gasteiger charge is 2.35. The number of carbonyl (C=O) groups excluding carboxylic acids is 1. The number of rotatable bonds is 5. The molecule has 3 aromatic rings. The van der Waals surface area contributed by atoms with Crippen molar-refractivity contribution >= 4 is 5.91 Å². The highest BCUT2D eigenvalue weighted by molar-refractivity contribution is 6.00. The first-order valence-electron chi connectivity index (χ1n) is 10.5. The maximum atomic E-state index is 14.8. The van der Waals surface area contributed by atoms with Crippen molar-refractivity contribution in [2.75, 3.05) is 0 Å². The Balaban J connectivity index is 1.38. The predicted octanol–water partition coefficient (Wildman–Crippen LogP) is 3.21. The second-order valence-corrected chi connectivity index (χ2v) is 8.26. The zero-order chi connectivity index (χ0) is 22.4. The number of hydrogen-bond acceptors (Lipinski definition) is 5. The number of benzene rings is 1. The molecular formula is C23H22F2N4O3. The number of halogens is 2. The molecule has 9 heteroatoms. The molecule has 2 atom stereocenters. The Morgan fingerprint density at radius 1 is 1.22 bits per heavy atom. The predicted molar refractivity (Wildman–Crippen MR) is 111 cm³/mol. The van der Waals surface area contributed by atoms with E-state index in [4.69, 9.17) is 4.74 Å². The zero-order valence-corrected chi connectivity index (χ0v) is 17.5. The molecule has 1 aliphatic heterocycles. The molecular weight excluding hydrogens is 418 g/mol. The van der Waals surface area contributed by atoms with E-state index >= 15 is 0 Å². The van der Waals surface area contributed by atoms with Crippen LogP contribution < -0.4 is 4.74 Å². The van der Waals surface area contributed by atoms with Gasteiger partial charge in [0.25, 0.3) is 5.91 Å². The molecule has 5 rings (SSSR count). The molecule has 3 heterocycles. The van der Waals surface area contributed by atoms with Gasteiger partial charge in [-0.15, -0.1) is 0 Å². The average molecular weight is 440 g/mol. The van der Waals surface area contributed by atoms with Crippen molar-refractivity contribution in [2.24, 2.45) is 7.05 Å². The average Bonchev–Trinajstić information content (AvgIpc) is 3.45. The molecule has 7 nitrogen and oxygen atoms in total. The number of amides is 1. The van der Waals surface area contributed by atoms with E-state index in [-0.39, 0.29) is 30.1 Å². The van der Waals surface area contributed by atoms with E-state index in [9.17, 15) is 18.7 Å². The van der Waals surface area contributed by atoms with Gasteiger partial charge in [-0.25, -0.2) is 13.8 Å². The Hall–Kier alpha value is -3.33. The van der Waals surface area contributed by atoms with Gasteiger partial charge in [0.05, 0.1) is 18.3 Å². The number of ether oxygens (including phenoxy) is 1. The van der Waals surface area contributed by atoms with Gasteiger partial charge in [-0.2, -0.15) is 5.10 Å². The normalized spacial score (nSPS) is 20.1. The first kappa shape index (κ1) is 20.6. The summed E-state index contributed by atoms with van der Waals surface area (Å²) < 4.78 is 37.1. The van der Waals surface area contributed by atoms with Gasteiger partial charge in [-0.1, -0.05) is 0 Å². The molecule has 2 aliphatic rings. The van der Waals surface area contributed by atoms with Crippen LogP contribution in [0.3, 0.4) is 0 Å². The monoisotopic (exact) mass is 440 g/mol. The lowest BCUT2D eigenvalue weighted by atomic mass is 10.1. The highest BCUT2D eigenvalue weighted by Crippen LogP contribution is 2.34. The number of aromatic nitrogens is 3. The summed E-state index contributed by atoms with van der Waals surface area (Å²) in [5.41, 5.74) is 1.57. The number of carbonyl (C=O) groups is 1. The molecule has 0 saturated heterocycles. The van der Waals surface area contributed by atoms with E-state index in [0.717, 1.165) is 6.42 Å². The van der Waals surface area contributed by atoms with Crippen LogP contribution in [0.4, 0.5) is 8.78 Å². The third kappa shape index (κ3) is 3.62. The van der Waals surface area contributed by atoms with E-state index in [1.807, 2.05) is 0 Å². The van der Waals surface area contributed by atoms with Crippen LogP contribution >= 0.6 is 0 Å². The minimum absolute atomic E-state index is 0.160. The Kier molecular flexibility index (Phi) is 5.13. The van der Waals surface area contributed by atoms with Crippen LogP contribution in [0.25, 0.3) is 11.3 Å². The van der Waals surface area contributed by atoms with E-state index in [2.05, 4.69) is 10.1 Å². The Morgan fingerprint density at radius 3 is 2.66 bits per heavy atom. The number of aliphatic hydroxyl groups is 1. The van der Waals surface area contributed by atoms with Crippen LogP contribution in [0.15, 0.2) is 36.7 Å². The van der Waals surface area contributed by atoms with Crippen LogP contribution in [-0.4, -0.2) is 42.9 Å². The number of aryl methyl sites for hydroxylation is 1. The molecule has 1 fully saturated rings. The summed E-state index contributed by atoms with van der Waals surface area (Å²) in [5, 5.41) is 14.2. The molecule has 1 aliphatic carbocycles. The van der Waals surface area contributed by atoms with Gasteiger partial charge in [0, 0.05) is 37.1 Å². The fraction of sp³-hybridized carbons (Fsp3) is 0.348. The molecule has 166 valence electrons. The molecule has 1 amide bonds. The minimum atomic E-state index is -0.738. The van der Waals surface area contributed by atoms with Crippen molar-refractivity contribution in [1.29, 1.82) is 0 Å². The second-order valence-electron chi connectivity index (χ2n) is 8.26. The Morgan fingerprint density at radius 2 is 2.00 bits per heavy atom. The summed E-state index contributed by atoms with van der Waals surface area (Å²) in [4.78, 5) is 18.6. The van der Waals surface area contributed by atoms with E-state index < -0.39 is 29.7 Å². The fourth-order valence-corrected chi connectivity index (χ4v) is 4.34. The zero-order valence-electron chi connectivity index (χ0n) is 17.5. The van der Waals surface area contributed by atoms with Crippen molar-refractivity contribution in [2.45, 2.75) is 44.6 Å². The van der Waals surface area contributed by atoms with Crippen LogP contribution in [-0.2, 0) is 20.1 Å². The van der Waals surface area contributed by atoms with Gasteiger partial charge in [-0.05, 0) is 49.1 Å². The maximum Gasteiger partial charge on any atom is 0.260 e. The highest BCUT2D eigenvalue weighted by atomic mass is 19.1. The number of nitrogens with zero attached hydrogens (tertiary/aromatic N) is 4. The molecule has 1 aromatic carbocycles. The van der Waals surface area contributed by atoms with Gasteiger partial charge in [-0.3, -0.25) is 9.48 Å². The first-order valence-corrected chi connectivity index (χ1v) is 10.5. The minimum Gasteiger partial charge on any atom is -0.471 e. The van der Waals surface area contributed by atoms with E-state index in [1.165, 1.54) is 23.2 Å². The van der Waals surface area contributed by atoms with Crippen LogP contribution in [0.1, 0.15) is 40.7 Å². The van der Waals surface area contributed by atoms with E-state index in [0.29, 0.717) is 29.7 Å². The molecule has 1 saturated carbocycles. The molecule has 0 radical (unpaired) electrons. The lowest BCUT2D eigenvalue weighted by molar-refractivity contribution is 0.0553. The van der Waals surface area contributed by atoms with E-state index in [1.54, 1.807) is 30.1 Å². The van der Waals surface area contributed by atoms with Crippen molar-refractivity contribution < 1.29 is 23.4 Å². The van der Waals surface area contributed by atoms with Crippen molar-refractivity contribution in [1.82, 2.24) is 19.7 Å². The van der Waals surface area contributed by atoms with Gasteiger partial charge in [0.2, 0.25) is 5.88 Å². The van der Waals surface area contributed by atoms with Gasteiger partial charge in [0.15, 0.2) is 0 Å². The van der Waals surface area contributed by atoms with Gasteiger partial charge >= 0.3 is 0 Å². The third-order valence-electron chi connectivity index (χ3n) is 6.04. The van der Waals surface area contributed by atoms with Crippen LogP contribution in [0.2, 0.25) is 0 Å². The summed E-state index contributed by atoms with van der Waals surface area (Å²) >= 11 is 0. The van der Waals surface area contributed by atoms with Crippen LogP contribution in [0, 0.1) is 11.6 Å². The quantitative estimate of drug-likeness (QED) is 0.659. The third-order valence-corrected chi connectivity index (χ3v) is 6.04. The molecule has 0 unspecified atom stereocenters. The summed E-state index contributed by atoms with van der Waals surface area (Å²) in [6, 6.07) is 5.82. The van der Waals surface area contributed by atoms with Crippen molar-refractivity contribution in [3.8, 4) is 17.1 Å². The smallest absolute Gasteiger partial charge is 0.260 e. The SMILES string of the molecule is Cn1ccc(-c2cc(F)c(CN3Cc4ccnc(O[C@@H]5CCC[C@H]5O)c4C3=O)c(F)c2)n1. The molecule has 1 N–H and O–H groups in total. The molecule has 2 aromatic heterocycles. The summed E-state index contributed by atoms with van der Waals surface area (Å²) in [7, 11) is 1.72. The number of hydrogen-bond donors (Lipinski definition) is 1. The molecule has 0 spiro atoms. The fourth-order valence-electron chi connectivity index (χ4n) is 4.34. The number of fused-ring (bicyclic) bond motifs is 1. The lowest BCUT2D eigenvalue weighted by Gasteiger charge is -2.19. The van der Waals surface area contributed by atoms with Gasteiger partial charge < -0.3 is 14.7 Å². The Bertz CT molecular complexity index is 1170. The number of pyridine rings is 1. The largest absolute Gasteiger partial charge is 0.471 e. The molecule has 32 heavy (non-hydrogen) atoms. The van der Waals surface area contributed by atoms with Gasteiger partial charge in [0.1, 0.15) is 23.3 Å². The maximum absolute atomic E-state index is 14.8. The Labute approximate surface area is 183 Å². The van der Waals surface area contributed by atoms with Crippen molar-refractivity contribution in [3.05, 3.63) is 65.0 Å². The first-order chi connectivity index (χ1) is 15.4. The topological polar surface area (TPSA) is 80.5 Å². The summed E-state index contributed by atoms with van der Waals surface area (Å²) in [6.07, 6.45) is 4.39. The lowest BCUT2D eigenvalue weighted by Crippen LogP contribution is -2.28. The molecule has 0 bridgehead atoms. The summed E-state index contributed by atoms with van der Waals surface area (Å²) in [5.74, 6) is -1.72.